The molecule has 0 heterocycles. The Hall–Kier alpha value is -0.220. The number of hydrogen-bond acceptors (Lipinski definition) is 3. The second-order valence-corrected chi connectivity index (χ2v) is 4.88. The van der Waals surface area contributed by atoms with Gasteiger partial charge in [0.2, 0.25) is 0 Å². The van der Waals surface area contributed by atoms with E-state index in [0.29, 0.717) is 11.2 Å². The first-order chi connectivity index (χ1) is 6.15. The topological polar surface area (TPSA) is 49.3 Å². The molecule has 0 aromatic rings. The number of aliphatic carboxylic acids is 1. The fraction of sp³-hybridized carbons (Fsp3) is 0.889. The standard InChI is InChI=1S/C9H17NO2S/c1-6(13-2)5-10-8(9(11)12)7-3-4-7/h6-8,10H,3-5H2,1-2H3,(H,11,12). The number of carboxylic acid groups (broad SMARTS) is 1. The second-order valence-electron chi connectivity index (χ2n) is 3.61. The van der Waals surface area contributed by atoms with Crippen molar-refractivity contribution in [2.75, 3.05) is 12.8 Å². The number of carboxylic acids is 1. The first-order valence-electron chi connectivity index (χ1n) is 4.64. The highest BCUT2D eigenvalue weighted by molar-refractivity contribution is 7.99. The zero-order valence-corrected chi connectivity index (χ0v) is 8.93. The summed E-state index contributed by atoms with van der Waals surface area (Å²) in [5.41, 5.74) is 0. The van der Waals surface area contributed by atoms with Crippen molar-refractivity contribution in [3.8, 4) is 0 Å². The maximum Gasteiger partial charge on any atom is 0.320 e. The summed E-state index contributed by atoms with van der Waals surface area (Å²) < 4.78 is 0. The van der Waals surface area contributed by atoms with E-state index in [1.807, 2.05) is 6.26 Å². The van der Waals surface area contributed by atoms with Crippen molar-refractivity contribution < 1.29 is 9.90 Å². The Morgan fingerprint density at radius 3 is 2.69 bits per heavy atom. The monoisotopic (exact) mass is 203 g/mol. The van der Waals surface area contributed by atoms with Gasteiger partial charge in [-0.1, -0.05) is 6.92 Å². The molecule has 3 nitrogen and oxygen atoms in total. The molecule has 0 bridgehead atoms. The molecule has 13 heavy (non-hydrogen) atoms. The zero-order chi connectivity index (χ0) is 9.84. The lowest BCUT2D eigenvalue weighted by Gasteiger charge is -2.16. The normalized spacial score (nSPS) is 21.1. The molecule has 1 rings (SSSR count). The molecule has 0 aliphatic heterocycles. The van der Waals surface area contributed by atoms with Gasteiger partial charge in [0.25, 0.3) is 0 Å². The van der Waals surface area contributed by atoms with Gasteiger partial charge in [-0.05, 0) is 25.0 Å². The highest BCUT2D eigenvalue weighted by Crippen LogP contribution is 2.32. The largest absolute Gasteiger partial charge is 0.480 e. The predicted molar refractivity (Wildman–Crippen MR) is 55.1 cm³/mol. The minimum Gasteiger partial charge on any atom is -0.480 e. The van der Waals surface area contributed by atoms with Gasteiger partial charge in [0.15, 0.2) is 0 Å². The summed E-state index contributed by atoms with van der Waals surface area (Å²) in [5, 5.41) is 12.5. The molecule has 1 aliphatic carbocycles. The fourth-order valence-corrected chi connectivity index (χ4v) is 1.52. The molecule has 2 N–H and O–H groups in total. The molecule has 0 saturated heterocycles. The van der Waals surface area contributed by atoms with Crippen LogP contribution in [0.5, 0.6) is 0 Å². The van der Waals surface area contributed by atoms with Gasteiger partial charge in [0.05, 0.1) is 0 Å². The predicted octanol–water partition coefficient (Wildman–Crippen LogP) is 1.19. The molecular formula is C9H17NO2S. The van der Waals surface area contributed by atoms with Gasteiger partial charge in [-0.25, -0.2) is 0 Å². The van der Waals surface area contributed by atoms with Gasteiger partial charge in [-0.3, -0.25) is 4.79 Å². The molecule has 4 heteroatoms. The van der Waals surface area contributed by atoms with Crippen LogP contribution in [-0.4, -0.2) is 35.2 Å². The average Bonchev–Trinajstić information content (AvgIpc) is 2.87. The van der Waals surface area contributed by atoms with Gasteiger partial charge in [0.1, 0.15) is 6.04 Å². The van der Waals surface area contributed by atoms with Crippen LogP contribution in [0.15, 0.2) is 0 Å². The summed E-state index contributed by atoms with van der Waals surface area (Å²) in [6.07, 6.45) is 4.18. The van der Waals surface area contributed by atoms with Crippen molar-refractivity contribution in [3.63, 3.8) is 0 Å². The van der Waals surface area contributed by atoms with Crippen molar-refractivity contribution in [1.29, 1.82) is 0 Å². The summed E-state index contributed by atoms with van der Waals surface area (Å²) in [7, 11) is 0. The van der Waals surface area contributed by atoms with Gasteiger partial charge < -0.3 is 10.4 Å². The Morgan fingerprint density at radius 2 is 2.31 bits per heavy atom. The van der Waals surface area contributed by atoms with Crippen LogP contribution in [0.2, 0.25) is 0 Å². The summed E-state index contributed by atoms with van der Waals surface area (Å²) in [4.78, 5) is 10.8. The Bertz CT molecular complexity index is 182. The molecule has 0 aromatic carbocycles. The summed E-state index contributed by atoms with van der Waals surface area (Å²) in [6, 6.07) is -0.311. The van der Waals surface area contributed by atoms with E-state index in [4.69, 9.17) is 5.11 Å². The average molecular weight is 203 g/mol. The lowest BCUT2D eigenvalue weighted by atomic mass is 10.2. The zero-order valence-electron chi connectivity index (χ0n) is 8.12. The SMILES string of the molecule is CSC(C)CNC(C(=O)O)C1CC1. The van der Waals surface area contributed by atoms with E-state index < -0.39 is 5.97 Å². The van der Waals surface area contributed by atoms with Crippen LogP contribution in [0.4, 0.5) is 0 Å². The molecule has 76 valence electrons. The van der Waals surface area contributed by atoms with E-state index in [2.05, 4.69) is 12.2 Å². The molecule has 2 atom stereocenters. The van der Waals surface area contributed by atoms with Crippen LogP contribution >= 0.6 is 11.8 Å². The van der Waals surface area contributed by atoms with Gasteiger partial charge >= 0.3 is 5.97 Å². The number of thioether (sulfide) groups is 1. The number of hydrogen-bond donors (Lipinski definition) is 2. The Kier molecular flexibility index (Phi) is 4.06. The number of nitrogens with one attached hydrogen (secondary N) is 1. The minimum atomic E-state index is -0.698. The molecule has 0 amide bonds. The summed E-state index contributed by atoms with van der Waals surface area (Å²) >= 11 is 1.76. The molecule has 1 fully saturated rings. The molecule has 1 saturated carbocycles. The maximum absolute atomic E-state index is 10.8. The molecule has 2 unspecified atom stereocenters. The summed E-state index contributed by atoms with van der Waals surface area (Å²) in [5.74, 6) is -0.317. The van der Waals surface area contributed by atoms with Crippen LogP contribution in [0.25, 0.3) is 0 Å². The third-order valence-corrected chi connectivity index (χ3v) is 3.36. The van der Waals surface area contributed by atoms with Crippen LogP contribution in [0, 0.1) is 5.92 Å². The van der Waals surface area contributed by atoms with E-state index in [-0.39, 0.29) is 6.04 Å². The van der Waals surface area contributed by atoms with Gasteiger partial charge in [-0.15, -0.1) is 0 Å². The van der Waals surface area contributed by atoms with E-state index in [1.54, 1.807) is 11.8 Å². The smallest absolute Gasteiger partial charge is 0.320 e. The fourth-order valence-electron chi connectivity index (χ4n) is 1.26. The molecule has 0 aromatic heterocycles. The van der Waals surface area contributed by atoms with Gasteiger partial charge in [-0.2, -0.15) is 11.8 Å². The van der Waals surface area contributed by atoms with Crippen LogP contribution < -0.4 is 5.32 Å². The van der Waals surface area contributed by atoms with E-state index in [1.165, 1.54) is 0 Å². The third-order valence-electron chi connectivity index (χ3n) is 2.39. The molecule has 0 radical (unpaired) electrons. The van der Waals surface area contributed by atoms with E-state index in [0.717, 1.165) is 19.4 Å². The third kappa shape index (κ3) is 3.56. The van der Waals surface area contributed by atoms with Crippen LogP contribution in [0.1, 0.15) is 19.8 Å². The molecular weight excluding hydrogens is 186 g/mol. The van der Waals surface area contributed by atoms with E-state index >= 15 is 0 Å². The molecule has 0 spiro atoms. The van der Waals surface area contributed by atoms with Crippen molar-refractivity contribution in [2.24, 2.45) is 5.92 Å². The van der Waals surface area contributed by atoms with Crippen LogP contribution in [-0.2, 0) is 4.79 Å². The van der Waals surface area contributed by atoms with Crippen molar-refractivity contribution >= 4 is 17.7 Å². The minimum absolute atomic E-state index is 0.311. The quantitative estimate of drug-likeness (QED) is 0.681. The van der Waals surface area contributed by atoms with Crippen LogP contribution in [0.3, 0.4) is 0 Å². The highest BCUT2D eigenvalue weighted by Gasteiger charge is 2.35. The van der Waals surface area contributed by atoms with Gasteiger partial charge in [0, 0.05) is 11.8 Å². The van der Waals surface area contributed by atoms with Crippen molar-refractivity contribution in [3.05, 3.63) is 0 Å². The molecule has 1 aliphatic rings. The lowest BCUT2D eigenvalue weighted by molar-refractivity contribution is -0.140. The first-order valence-corrected chi connectivity index (χ1v) is 5.93. The van der Waals surface area contributed by atoms with Crippen molar-refractivity contribution in [2.45, 2.75) is 31.1 Å². The maximum atomic E-state index is 10.8. The lowest BCUT2D eigenvalue weighted by Crippen LogP contribution is -2.41. The Morgan fingerprint density at radius 1 is 1.69 bits per heavy atom. The summed E-state index contributed by atoms with van der Waals surface area (Å²) in [6.45, 7) is 2.89. The Balaban J connectivity index is 2.26. The Labute approximate surface area is 83.3 Å². The number of rotatable bonds is 6. The highest BCUT2D eigenvalue weighted by atomic mass is 32.2. The van der Waals surface area contributed by atoms with E-state index in [9.17, 15) is 4.79 Å². The second kappa shape index (κ2) is 4.86. The first kappa shape index (κ1) is 10.9. The number of carbonyl (C=O) groups is 1. The van der Waals surface area contributed by atoms with Crippen molar-refractivity contribution in [1.82, 2.24) is 5.32 Å².